The SMILES string of the molecule is COc1ccc(C=CC(O)=C2C=CC=C2)cc1. The molecule has 0 aliphatic heterocycles. The summed E-state index contributed by atoms with van der Waals surface area (Å²) >= 11 is 0. The Kier molecular flexibility index (Phi) is 3.46. The van der Waals surface area contributed by atoms with E-state index in [1.807, 2.05) is 54.6 Å². The minimum atomic E-state index is 0.269. The van der Waals surface area contributed by atoms with Gasteiger partial charge in [-0.15, -0.1) is 0 Å². The third-order valence-corrected chi connectivity index (χ3v) is 2.51. The zero-order chi connectivity index (χ0) is 12.1. The van der Waals surface area contributed by atoms with E-state index in [0.717, 1.165) is 16.9 Å². The van der Waals surface area contributed by atoms with Crippen LogP contribution in [0.4, 0.5) is 0 Å². The number of benzene rings is 1. The maximum atomic E-state index is 9.78. The van der Waals surface area contributed by atoms with E-state index in [1.54, 1.807) is 13.2 Å². The molecule has 2 heteroatoms. The van der Waals surface area contributed by atoms with Crippen LogP contribution in [0, 0.1) is 0 Å². The Balaban J connectivity index is 2.12. The van der Waals surface area contributed by atoms with Crippen molar-refractivity contribution in [2.75, 3.05) is 7.11 Å². The van der Waals surface area contributed by atoms with Crippen molar-refractivity contribution < 1.29 is 9.84 Å². The Hall–Kier alpha value is -2.22. The van der Waals surface area contributed by atoms with Crippen LogP contribution in [0.1, 0.15) is 5.56 Å². The van der Waals surface area contributed by atoms with Crippen LogP contribution in [0.3, 0.4) is 0 Å². The third kappa shape index (κ3) is 2.88. The van der Waals surface area contributed by atoms with Crippen molar-refractivity contribution in [1.29, 1.82) is 0 Å². The van der Waals surface area contributed by atoms with Gasteiger partial charge < -0.3 is 9.84 Å². The minimum Gasteiger partial charge on any atom is -0.507 e. The summed E-state index contributed by atoms with van der Waals surface area (Å²) in [5.41, 5.74) is 1.85. The molecule has 0 fully saturated rings. The maximum Gasteiger partial charge on any atom is 0.122 e. The summed E-state index contributed by atoms with van der Waals surface area (Å²) in [6, 6.07) is 7.65. The average molecular weight is 226 g/mol. The van der Waals surface area contributed by atoms with Gasteiger partial charge in [0, 0.05) is 5.57 Å². The van der Waals surface area contributed by atoms with Gasteiger partial charge in [-0.3, -0.25) is 0 Å². The summed E-state index contributed by atoms with van der Waals surface area (Å²) in [6.45, 7) is 0. The smallest absolute Gasteiger partial charge is 0.122 e. The Morgan fingerprint density at radius 3 is 2.35 bits per heavy atom. The monoisotopic (exact) mass is 226 g/mol. The number of ether oxygens (including phenoxy) is 1. The second-order valence-electron chi connectivity index (χ2n) is 3.67. The highest BCUT2D eigenvalue weighted by molar-refractivity contribution is 5.55. The lowest BCUT2D eigenvalue weighted by atomic mass is 10.1. The largest absolute Gasteiger partial charge is 0.507 e. The molecule has 0 saturated carbocycles. The fourth-order valence-electron chi connectivity index (χ4n) is 1.53. The van der Waals surface area contributed by atoms with E-state index in [-0.39, 0.29) is 5.76 Å². The van der Waals surface area contributed by atoms with Crippen molar-refractivity contribution in [2.24, 2.45) is 0 Å². The lowest BCUT2D eigenvalue weighted by Gasteiger charge is -1.99. The molecule has 2 rings (SSSR count). The Morgan fingerprint density at radius 2 is 1.76 bits per heavy atom. The number of hydrogen-bond acceptors (Lipinski definition) is 2. The Morgan fingerprint density at radius 1 is 1.12 bits per heavy atom. The van der Waals surface area contributed by atoms with Gasteiger partial charge in [0.2, 0.25) is 0 Å². The van der Waals surface area contributed by atoms with Crippen LogP contribution in [-0.4, -0.2) is 12.2 Å². The molecule has 0 bridgehead atoms. The van der Waals surface area contributed by atoms with Crippen LogP contribution < -0.4 is 4.74 Å². The molecule has 2 nitrogen and oxygen atoms in total. The highest BCUT2D eigenvalue weighted by Crippen LogP contribution is 2.15. The summed E-state index contributed by atoms with van der Waals surface area (Å²) < 4.78 is 5.07. The van der Waals surface area contributed by atoms with E-state index in [1.165, 1.54) is 0 Å². The lowest BCUT2D eigenvalue weighted by Crippen LogP contribution is -1.82. The number of aliphatic hydroxyl groups excluding tert-OH is 1. The first kappa shape index (κ1) is 11.3. The number of methoxy groups -OCH3 is 1. The highest BCUT2D eigenvalue weighted by atomic mass is 16.5. The van der Waals surface area contributed by atoms with Gasteiger partial charge in [-0.1, -0.05) is 42.5 Å². The molecule has 1 aromatic carbocycles. The molecule has 0 saturated heterocycles. The van der Waals surface area contributed by atoms with E-state index in [0.29, 0.717) is 0 Å². The fourth-order valence-corrected chi connectivity index (χ4v) is 1.53. The second kappa shape index (κ2) is 5.21. The molecule has 0 atom stereocenters. The molecule has 86 valence electrons. The predicted octanol–water partition coefficient (Wildman–Crippen LogP) is 3.65. The van der Waals surface area contributed by atoms with Crippen LogP contribution in [0.25, 0.3) is 6.08 Å². The summed E-state index contributed by atoms with van der Waals surface area (Å²) in [5, 5.41) is 9.78. The van der Waals surface area contributed by atoms with Crippen LogP contribution in [0.15, 0.2) is 66.0 Å². The molecular formula is C15H14O2. The van der Waals surface area contributed by atoms with E-state index in [4.69, 9.17) is 4.74 Å². The van der Waals surface area contributed by atoms with Crippen LogP contribution in [0.2, 0.25) is 0 Å². The van der Waals surface area contributed by atoms with Crippen molar-refractivity contribution in [3.8, 4) is 5.75 Å². The van der Waals surface area contributed by atoms with Gasteiger partial charge in [0.05, 0.1) is 7.11 Å². The van der Waals surface area contributed by atoms with Gasteiger partial charge in [0.15, 0.2) is 0 Å². The van der Waals surface area contributed by atoms with Crippen molar-refractivity contribution >= 4 is 6.08 Å². The lowest BCUT2D eigenvalue weighted by molar-refractivity contribution is 0.415. The number of aliphatic hydroxyl groups is 1. The number of allylic oxidation sites excluding steroid dienone is 6. The third-order valence-electron chi connectivity index (χ3n) is 2.51. The van der Waals surface area contributed by atoms with Crippen LogP contribution in [0.5, 0.6) is 5.75 Å². The Labute approximate surface area is 101 Å². The van der Waals surface area contributed by atoms with Crippen LogP contribution in [-0.2, 0) is 0 Å². The number of hydrogen-bond donors (Lipinski definition) is 1. The van der Waals surface area contributed by atoms with Crippen molar-refractivity contribution in [1.82, 2.24) is 0 Å². The van der Waals surface area contributed by atoms with Gasteiger partial charge in [-0.25, -0.2) is 0 Å². The van der Waals surface area contributed by atoms with E-state index in [2.05, 4.69) is 0 Å². The first-order valence-electron chi connectivity index (χ1n) is 5.40. The molecule has 1 aliphatic carbocycles. The molecule has 0 spiro atoms. The quantitative estimate of drug-likeness (QED) is 0.797. The summed E-state index contributed by atoms with van der Waals surface area (Å²) in [5.74, 6) is 1.09. The van der Waals surface area contributed by atoms with Crippen LogP contribution >= 0.6 is 0 Å². The van der Waals surface area contributed by atoms with Crippen molar-refractivity contribution in [2.45, 2.75) is 0 Å². The van der Waals surface area contributed by atoms with Gasteiger partial charge in [-0.05, 0) is 23.8 Å². The molecule has 0 heterocycles. The van der Waals surface area contributed by atoms with Crippen molar-refractivity contribution in [3.05, 3.63) is 71.5 Å². The molecule has 1 aromatic rings. The first-order chi connectivity index (χ1) is 8.29. The maximum absolute atomic E-state index is 9.78. The van der Waals surface area contributed by atoms with Gasteiger partial charge in [0.25, 0.3) is 0 Å². The predicted molar refractivity (Wildman–Crippen MR) is 70.0 cm³/mol. The molecule has 17 heavy (non-hydrogen) atoms. The summed E-state index contributed by atoms with van der Waals surface area (Å²) in [7, 11) is 1.64. The molecular weight excluding hydrogens is 212 g/mol. The van der Waals surface area contributed by atoms with Gasteiger partial charge in [-0.2, -0.15) is 0 Å². The topological polar surface area (TPSA) is 29.5 Å². The molecule has 0 radical (unpaired) electrons. The molecule has 0 amide bonds. The molecule has 0 aromatic heterocycles. The van der Waals surface area contributed by atoms with E-state index >= 15 is 0 Å². The highest BCUT2D eigenvalue weighted by Gasteiger charge is 1.98. The first-order valence-corrected chi connectivity index (χ1v) is 5.40. The van der Waals surface area contributed by atoms with Gasteiger partial charge in [0.1, 0.15) is 11.5 Å². The van der Waals surface area contributed by atoms with E-state index < -0.39 is 0 Å². The Bertz CT molecular complexity index is 488. The zero-order valence-electron chi connectivity index (χ0n) is 9.63. The number of rotatable bonds is 3. The molecule has 1 N–H and O–H groups in total. The fraction of sp³-hybridized carbons (Fsp3) is 0.0667. The summed E-state index contributed by atoms with van der Waals surface area (Å²) in [6.07, 6.45) is 11.1. The standard InChI is InChI=1S/C15H14O2/c1-17-14-9-6-12(7-10-14)8-11-15(16)13-4-2-3-5-13/h2-11,16H,1H3. The summed E-state index contributed by atoms with van der Waals surface area (Å²) in [4.78, 5) is 0. The molecule has 1 aliphatic rings. The normalized spacial score (nSPS) is 13.6. The second-order valence-corrected chi connectivity index (χ2v) is 3.67. The molecule has 0 unspecified atom stereocenters. The average Bonchev–Trinajstić information content (AvgIpc) is 2.90. The zero-order valence-corrected chi connectivity index (χ0v) is 9.63. The van der Waals surface area contributed by atoms with Gasteiger partial charge >= 0.3 is 0 Å². The minimum absolute atomic E-state index is 0.269. The van der Waals surface area contributed by atoms with Crippen molar-refractivity contribution in [3.63, 3.8) is 0 Å². The van der Waals surface area contributed by atoms with E-state index in [9.17, 15) is 5.11 Å².